The van der Waals surface area contributed by atoms with E-state index in [0.717, 1.165) is 12.1 Å². The molecule has 0 aliphatic carbocycles. The van der Waals surface area contributed by atoms with Crippen molar-refractivity contribution in [3.8, 4) is 0 Å². The Morgan fingerprint density at radius 2 is 1.71 bits per heavy atom. The molecule has 3 N–H and O–H groups in total. The van der Waals surface area contributed by atoms with Crippen molar-refractivity contribution in [3.05, 3.63) is 58.1 Å². The number of nitrogen functional groups attached to an aromatic ring is 1. The smallest absolute Gasteiger partial charge is 0.398 e. The average molecular weight is 359 g/mol. The number of anilines is 2. The van der Waals surface area contributed by atoms with E-state index in [0.29, 0.717) is 15.7 Å². The molecule has 110 valence electrons. The molecule has 0 unspecified atom stereocenters. The molecule has 0 atom stereocenters. The van der Waals surface area contributed by atoms with Gasteiger partial charge < -0.3 is 11.1 Å². The van der Waals surface area contributed by atoms with E-state index in [2.05, 4.69) is 21.2 Å². The van der Waals surface area contributed by atoms with E-state index in [4.69, 9.17) is 5.73 Å². The maximum atomic E-state index is 12.4. The highest BCUT2D eigenvalue weighted by Crippen LogP contribution is 2.30. The van der Waals surface area contributed by atoms with Gasteiger partial charge >= 0.3 is 6.18 Å². The first-order valence-electron chi connectivity index (χ1n) is 5.81. The van der Waals surface area contributed by atoms with Crippen LogP contribution in [0.3, 0.4) is 0 Å². The molecule has 0 fully saturated rings. The molecule has 21 heavy (non-hydrogen) atoms. The van der Waals surface area contributed by atoms with Gasteiger partial charge in [0.05, 0.1) is 5.56 Å². The van der Waals surface area contributed by atoms with Crippen LogP contribution in [0, 0.1) is 0 Å². The van der Waals surface area contributed by atoms with E-state index in [1.807, 2.05) is 0 Å². The third-order valence-corrected chi connectivity index (χ3v) is 3.42. The molecule has 0 aliphatic heterocycles. The zero-order chi connectivity index (χ0) is 15.6. The molecule has 0 aromatic heterocycles. The Morgan fingerprint density at radius 3 is 2.24 bits per heavy atom. The second-order valence-corrected chi connectivity index (χ2v) is 5.12. The molecule has 0 bridgehead atoms. The Balaban J connectivity index is 2.14. The summed E-state index contributed by atoms with van der Waals surface area (Å²) in [6.07, 6.45) is -4.40. The van der Waals surface area contributed by atoms with Crippen molar-refractivity contribution in [3.63, 3.8) is 0 Å². The van der Waals surface area contributed by atoms with Gasteiger partial charge in [0.25, 0.3) is 5.91 Å². The number of carbonyl (C=O) groups excluding carboxylic acids is 1. The third kappa shape index (κ3) is 3.75. The summed E-state index contributed by atoms with van der Waals surface area (Å²) in [4.78, 5) is 12.0. The van der Waals surface area contributed by atoms with Crippen molar-refractivity contribution in [2.75, 3.05) is 11.1 Å². The van der Waals surface area contributed by atoms with Crippen LogP contribution in [-0.2, 0) is 6.18 Å². The van der Waals surface area contributed by atoms with Gasteiger partial charge in [-0.1, -0.05) is 0 Å². The fraction of sp³-hybridized carbons (Fsp3) is 0.0714. The fourth-order valence-electron chi connectivity index (χ4n) is 1.61. The minimum Gasteiger partial charge on any atom is -0.398 e. The number of halogens is 4. The molecule has 2 aromatic rings. The van der Waals surface area contributed by atoms with E-state index in [1.54, 1.807) is 6.07 Å². The predicted molar refractivity (Wildman–Crippen MR) is 78.0 cm³/mol. The van der Waals surface area contributed by atoms with Crippen LogP contribution in [0.25, 0.3) is 0 Å². The SMILES string of the molecule is Nc1ccc(C(=O)Nc2ccc(C(F)(F)F)cc2)cc1Br. The van der Waals surface area contributed by atoms with Gasteiger partial charge in [0.2, 0.25) is 0 Å². The summed E-state index contributed by atoms with van der Waals surface area (Å²) in [6.45, 7) is 0. The summed E-state index contributed by atoms with van der Waals surface area (Å²) < 4.78 is 37.8. The van der Waals surface area contributed by atoms with Crippen molar-refractivity contribution < 1.29 is 18.0 Å². The first-order chi connectivity index (χ1) is 9.77. The molecule has 0 aliphatic rings. The van der Waals surface area contributed by atoms with Gasteiger partial charge in [-0.25, -0.2) is 0 Å². The normalized spacial score (nSPS) is 11.2. The summed E-state index contributed by atoms with van der Waals surface area (Å²) in [5.74, 6) is -0.435. The highest BCUT2D eigenvalue weighted by molar-refractivity contribution is 9.10. The topological polar surface area (TPSA) is 55.1 Å². The lowest BCUT2D eigenvalue weighted by atomic mass is 10.1. The highest BCUT2D eigenvalue weighted by Gasteiger charge is 2.29. The monoisotopic (exact) mass is 358 g/mol. The van der Waals surface area contributed by atoms with Crippen molar-refractivity contribution in [2.45, 2.75) is 6.18 Å². The molecule has 0 heterocycles. The zero-order valence-electron chi connectivity index (χ0n) is 10.5. The number of amides is 1. The number of carbonyl (C=O) groups is 1. The summed E-state index contributed by atoms with van der Waals surface area (Å²) >= 11 is 3.20. The van der Waals surface area contributed by atoms with Crippen LogP contribution >= 0.6 is 15.9 Å². The van der Waals surface area contributed by atoms with Crippen molar-refractivity contribution >= 4 is 33.2 Å². The van der Waals surface area contributed by atoms with E-state index < -0.39 is 17.6 Å². The lowest BCUT2D eigenvalue weighted by molar-refractivity contribution is -0.137. The Bertz CT molecular complexity index is 669. The number of hydrogen-bond acceptors (Lipinski definition) is 2. The number of hydrogen-bond donors (Lipinski definition) is 2. The summed E-state index contributed by atoms with van der Waals surface area (Å²) in [5, 5.41) is 2.52. The van der Waals surface area contributed by atoms with Crippen LogP contribution in [-0.4, -0.2) is 5.91 Å². The molecule has 2 aromatic carbocycles. The number of nitrogens with two attached hydrogens (primary N) is 1. The molecule has 0 radical (unpaired) electrons. The Hall–Kier alpha value is -2.02. The Morgan fingerprint density at radius 1 is 1.10 bits per heavy atom. The van der Waals surface area contributed by atoms with Gasteiger partial charge in [0.15, 0.2) is 0 Å². The molecule has 2 rings (SSSR count). The lowest BCUT2D eigenvalue weighted by Gasteiger charge is -2.09. The van der Waals surface area contributed by atoms with Gasteiger partial charge in [0, 0.05) is 21.4 Å². The highest BCUT2D eigenvalue weighted by atomic mass is 79.9. The molecular formula is C14H10BrF3N2O. The first-order valence-corrected chi connectivity index (χ1v) is 6.60. The van der Waals surface area contributed by atoms with Gasteiger partial charge in [-0.15, -0.1) is 0 Å². The van der Waals surface area contributed by atoms with E-state index >= 15 is 0 Å². The van der Waals surface area contributed by atoms with Crippen LogP contribution < -0.4 is 11.1 Å². The van der Waals surface area contributed by atoms with Gasteiger partial charge in [-0.2, -0.15) is 13.2 Å². The predicted octanol–water partition coefficient (Wildman–Crippen LogP) is 4.30. The first kappa shape index (κ1) is 15.4. The van der Waals surface area contributed by atoms with Crippen molar-refractivity contribution in [1.82, 2.24) is 0 Å². The number of nitrogens with one attached hydrogen (secondary N) is 1. The van der Waals surface area contributed by atoms with Gasteiger partial charge in [0.1, 0.15) is 0 Å². The average Bonchev–Trinajstić information content (AvgIpc) is 2.41. The molecule has 0 saturated heterocycles. The molecule has 0 saturated carbocycles. The van der Waals surface area contributed by atoms with E-state index in [-0.39, 0.29) is 5.69 Å². The molecular weight excluding hydrogens is 349 g/mol. The quantitative estimate of drug-likeness (QED) is 0.786. The van der Waals surface area contributed by atoms with Crippen LogP contribution in [0.4, 0.5) is 24.5 Å². The Labute approximate surface area is 127 Å². The second kappa shape index (κ2) is 5.77. The van der Waals surface area contributed by atoms with Crippen molar-refractivity contribution in [2.24, 2.45) is 0 Å². The fourth-order valence-corrected chi connectivity index (χ4v) is 1.99. The molecule has 7 heteroatoms. The summed E-state index contributed by atoms with van der Waals surface area (Å²) in [6, 6.07) is 8.85. The number of alkyl halides is 3. The number of benzene rings is 2. The van der Waals surface area contributed by atoms with E-state index in [1.165, 1.54) is 24.3 Å². The maximum absolute atomic E-state index is 12.4. The Kier molecular flexibility index (Phi) is 4.22. The minimum absolute atomic E-state index is 0.279. The van der Waals surface area contributed by atoms with Crippen LogP contribution in [0.5, 0.6) is 0 Å². The summed E-state index contributed by atoms with van der Waals surface area (Å²) in [7, 11) is 0. The van der Waals surface area contributed by atoms with E-state index in [9.17, 15) is 18.0 Å². The molecule has 0 spiro atoms. The van der Waals surface area contributed by atoms with Crippen LogP contribution in [0.2, 0.25) is 0 Å². The third-order valence-electron chi connectivity index (χ3n) is 2.73. The summed E-state index contributed by atoms with van der Waals surface area (Å²) in [5.41, 5.74) is 5.96. The number of rotatable bonds is 2. The minimum atomic E-state index is -4.40. The largest absolute Gasteiger partial charge is 0.416 e. The molecule has 1 amide bonds. The zero-order valence-corrected chi connectivity index (χ0v) is 12.1. The maximum Gasteiger partial charge on any atom is 0.416 e. The standard InChI is InChI=1S/C14H10BrF3N2O/c15-11-7-8(1-6-12(11)19)13(21)20-10-4-2-9(3-5-10)14(16,17)18/h1-7H,19H2,(H,20,21). The lowest BCUT2D eigenvalue weighted by Crippen LogP contribution is -2.12. The van der Waals surface area contributed by atoms with Gasteiger partial charge in [-0.3, -0.25) is 4.79 Å². The van der Waals surface area contributed by atoms with Crippen LogP contribution in [0.15, 0.2) is 46.9 Å². The van der Waals surface area contributed by atoms with Crippen LogP contribution in [0.1, 0.15) is 15.9 Å². The van der Waals surface area contributed by atoms with Gasteiger partial charge in [-0.05, 0) is 58.4 Å². The molecule has 3 nitrogen and oxygen atoms in total. The van der Waals surface area contributed by atoms with Crippen molar-refractivity contribution in [1.29, 1.82) is 0 Å². The second-order valence-electron chi connectivity index (χ2n) is 4.27.